The molecule has 16 heavy (non-hydrogen) atoms. The number of amides is 1. The van der Waals surface area contributed by atoms with E-state index in [0.29, 0.717) is 12.6 Å². The number of H-pyrrole nitrogens is 1. The zero-order valence-electron chi connectivity index (χ0n) is 9.02. The van der Waals surface area contributed by atoms with Crippen LogP contribution in [0.2, 0.25) is 0 Å². The first-order valence-electron chi connectivity index (χ1n) is 5.14. The Bertz CT molecular complexity index is 359. The lowest BCUT2D eigenvalue weighted by molar-refractivity contribution is -0.123. The number of nitrogens with zero attached hydrogens (tertiary/aromatic N) is 2. The van der Waals surface area contributed by atoms with Gasteiger partial charge in [-0.1, -0.05) is 0 Å². The molecule has 1 aliphatic heterocycles. The molecule has 0 aromatic carbocycles. The number of anilines is 1. The summed E-state index contributed by atoms with van der Waals surface area (Å²) in [5.74, 6) is 0.0933. The number of hydrogen-bond acceptors (Lipinski definition) is 5. The van der Waals surface area contributed by atoms with Gasteiger partial charge in [-0.2, -0.15) is 4.98 Å². The van der Waals surface area contributed by atoms with Gasteiger partial charge in [0.1, 0.15) is 0 Å². The van der Waals surface area contributed by atoms with E-state index < -0.39 is 0 Å². The molecule has 1 fully saturated rings. The molecule has 1 atom stereocenters. The Labute approximate surface area is 92.5 Å². The molecule has 0 radical (unpaired) electrons. The van der Waals surface area contributed by atoms with Crippen molar-refractivity contribution >= 4 is 11.9 Å². The Hall–Kier alpha value is -1.63. The van der Waals surface area contributed by atoms with Crippen molar-refractivity contribution in [1.29, 1.82) is 0 Å². The van der Waals surface area contributed by atoms with Crippen molar-refractivity contribution in [2.45, 2.75) is 12.8 Å². The number of carbonyl (C=O) groups is 1. The number of aromatic amines is 1. The Kier molecular flexibility index (Phi) is 3.35. The highest BCUT2D eigenvalue weighted by atomic mass is 16.5. The van der Waals surface area contributed by atoms with Crippen LogP contribution in [0, 0.1) is 5.92 Å². The number of nitrogens with one attached hydrogen (secondary N) is 2. The second-order valence-corrected chi connectivity index (χ2v) is 3.57. The van der Waals surface area contributed by atoms with Crippen LogP contribution in [-0.2, 0) is 9.53 Å². The first-order valence-corrected chi connectivity index (χ1v) is 5.14. The molecule has 1 aliphatic rings. The summed E-state index contributed by atoms with van der Waals surface area (Å²) in [5.41, 5.74) is 0. The third-order valence-corrected chi connectivity index (χ3v) is 2.42. The Balaban J connectivity index is 1.90. The zero-order valence-corrected chi connectivity index (χ0v) is 9.02. The number of hydrogen-bond donors (Lipinski definition) is 2. The first-order chi connectivity index (χ1) is 7.79. The molecule has 7 heteroatoms. The van der Waals surface area contributed by atoms with E-state index in [2.05, 4.69) is 20.5 Å². The standard InChI is InChI=1S/C9H14N4O3/c1-15-9-11-8(12-13-9)10-7(14)6-3-2-4-16-5-6/h6H,2-5H2,1H3,(H2,10,11,12,13,14). The van der Waals surface area contributed by atoms with Gasteiger partial charge in [-0.15, -0.1) is 5.10 Å². The SMILES string of the molecule is COc1n[nH]c(NC(=O)C2CCCOC2)n1. The highest BCUT2D eigenvalue weighted by molar-refractivity contribution is 5.91. The summed E-state index contributed by atoms with van der Waals surface area (Å²) in [4.78, 5) is 15.6. The van der Waals surface area contributed by atoms with E-state index in [9.17, 15) is 4.79 Å². The summed E-state index contributed by atoms with van der Waals surface area (Å²) < 4.78 is 10.0. The topological polar surface area (TPSA) is 89.1 Å². The van der Waals surface area contributed by atoms with Gasteiger partial charge in [-0.25, -0.2) is 5.10 Å². The lowest BCUT2D eigenvalue weighted by atomic mass is 10.0. The van der Waals surface area contributed by atoms with Gasteiger partial charge in [-0.05, 0) is 12.8 Å². The molecule has 2 rings (SSSR count). The summed E-state index contributed by atoms with van der Waals surface area (Å²) in [5, 5.41) is 8.93. The molecule has 1 unspecified atom stereocenters. The molecule has 88 valence electrons. The van der Waals surface area contributed by atoms with E-state index in [1.807, 2.05) is 0 Å². The van der Waals surface area contributed by atoms with Gasteiger partial charge >= 0.3 is 6.01 Å². The molecular weight excluding hydrogens is 212 g/mol. The molecule has 2 heterocycles. The number of aromatic nitrogens is 3. The zero-order chi connectivity index (χ0) is 11.4. The van der Waals surface area contributed by atoms with Gasteiger partial charge in [0, 0.05) is 6.61 Å². The van der Waals surface area contributed by atoms with E-state index >= 15 is 0 Å². The fourth-order valence-corrected chi connectivity index (χ4v) is 1.56. The second kappa shape index (κ2) is 4.93. The number of ether oxygens (including phenoxy) is 2. The molecule has 1 aromatic rings. The van der Waals surface area contributed by atoms with Gasteiger partial charge in [0.2, 0.25) is 11.9 Å². The Morgan fingerprint density at radius 3 is 3.19 bits per heavy atom. The van der Waals surface area contributed by atoms with Crippen LogP contribution < -0.4 is 10.1 Å². The molecule has 0 aliphatic carbocycles. The lowest BCUT2D eigenvalue weighted by Gasteiger charge is -2.20. The fourth-order valence-electron chi connectivity index (χ4n) is 1.56. The molecule has 0 spiro atoms. The van der Waals surface area contributed by atoms with Crippen molar-refractivity contribution in [3.8, 4) is 6.01 Å². The van der Waals surface area contributed by atoms with Crippen molar-refractivity contribution < 1.29 is 14.3 Å². The molecule has 0 saturated carbocycles. The molecule has 0 bridgehead atoms. The maximum absolute atomic E-state index is 11.7. The molecule has 2 N–H and O–H groups in total. The predicted molar refractivity (Wildman–Crippen MR) is 55.1 cm³/mol. The monoisotopic (exact) mass is 226 g/mol. The smallest absolute Gasteiger partial charge is 0.336 e. The van der Waals surface area contributed by atoms with Crippen LogP contribution in [0.4, 0.5) is 5.95 Å². The average molecular weight is 226 g/mol. The minimum atomic E-state index is -0.107. The third-order valence-electron chi connectivity index (χ3n) is 2.42. The van der Waals surface area contributed by atoms with E-state index in [-0.39, 0.29) is 17.8 Å². The fraction of sp³-hybridized carbons (Fsp3) is 0.667. The van der Waals surface area contributed by atoms with E-state index in [0.717, 1.165) is 19.4 Å². The normalized spacial score (nSPS) is 20.4. The molecule has 1 amide bonds. The number of rotatable bonds is 3. The minimum absolute atomic E-state index is 0.0986. The largest absolute Gasteiger partial charge is 0.466 e. The second-order valence-electron chi connectivity index (χ2n) is 3.57. The van der Waals surface area contributed by atoms with E-state index in [1.165, 1.54) is 7.11 Å². The Morgan fingerprint density at radius 1 is 1.69 bits per heavy atom. The van der Waals surface area contributed by atoms with Crippen LogP contribution in [0.5, 0.6) is 6.01 Å². The van der Waals surface area contributed by atoms with Gasteiger partial charge in [0.15, 0.2) is 0 Å². The molecular formula is C9H14N4O3. The maximum atomic E-state index is 11.7. The Morgan fingerprint density at radius 2 is 2.56 bits per heavy atom. The summed E-state index contributed by atoms with van der Waals surface area (Å²) in [6.45, 7) is 1.21. The molecule has 1 saturated heterocycles. The maximum Gasteiger partial charge on any atom is 0.336 e. The minimum Gasteiger partial charge on any atom is -0.466 e. The molecule has 7 nitrogen and oxygen atoms in total. The van der Waals surface area contributed by atoms with Crippen molar-refractivity contribution in [3.05, 3.63) is 0 Å². The third kappa shape index (κ3) is 2.48. The predicted octanol–water partition coefficient (Wildman–Crippen LogP) is 0.178. The van der Waals surface area contributed by atoms with Crippen LogP contribution in [0.1, 0.15) is 12.8 Å². The van der Waals surface area contributed by atoms with Gasteiger partial charge < -0.3 is 9.47 Å². The van der Waals surface area contributed by atoms with Gasteiger partial charge in [0.25, 0.3) is 0 Å². The quantitative estimate of drug-likeness (QED) is 0.767. The summed E-state index contributed by atoms with van der Waals surface area (Å²) in [6, 6.07) is 0.204. The van der Waals surface area contributed by atoms with Crippen LogP contribution >= 0.6 is 0 Å². The highest BCUT2D eigenvalue weighted by Crippen LogP contribution is 2.15. The summed E-state index contributed by atoms with van der Waals surface area (Å²) >= 11 is 0. The van der Waals surface area contributed by atoms with Crippen molar-refractivity contribution in [2.24, 2.45) is 5.92 Å². The van der Waals surface area contributed by atoms with Gasteiger partial charge in [-0.3, -0.25) is 10.1 Å². The average Bonchev–Trinajstić information content (AvgIpc) is 2.78. The van der Waals surface area contributed by atoms with Crippen molar-refractivity contribution in [2.75, 3.05) is 25.6 Å². The van der Waals surface area contributed by atoms with Crippen LogP contribution in [0.15, 0.2) is 0 Å². The van der Waals surface area contributed by atoms with Crippen molar-refractivity contribution in [3.63, 3.8) is 0 Å². The highest BCUT2D eigenvalue weighted by Gasteiger charge is 2.22. The van der Waals surface area contributed by atoms with Crippen LogP contribution in [0.25, 0.3) is 0 Å². The lowest BCUT2D eigenvalue weighted by Crippen LogP contribution is -2.30. The van der Waals surface area contributed by atoms with E-state index in [4.69, 9.17) is 9.47 Å². The van der Waals surface area contributed by atoms with Crippen LogP contribution in [0.3, 0.4) is 0 Å². The van der Waals surface area contributed by atoms with E-state index in [1.54, 1.807) is 0 Å². The summed E-state index contributed by atoms with van der Waals surface area (Å²) in [6.07, 6.45) is 1.76. The summed E-state index contributed by atoms with van der Waals surface area (Å²) in [7, 11) is 1.46. The first kappa shape index (κ1) is 10.9. The number of carbonyl (C=O) groups excluding carboxylic acids is 1. The number of methoxy groups -OCH3 is 1. The van der Waals surface area contributed by atoms with Crippen LogP contribution in [-0.4, -0.2) is 41.4 Å². The molecule has 1 aromatic heterocycles. The van der Waals surface area contributed by atoms with Gasteiger partial charge in [0.05, 0.1) is 19.6 Å². The van der Waals surface area contributed by atoms with Crippen molar-refractivity contribution in [1.82, 2.24) is 15.2 Å².